The van der Waals surface area contributed by atoms with E-state index in [0.29, 0.717) is 4.57 Å². The van der Waals surface area contributed by atoms with Gasteiger partial charge in [0.1, 0.15) is 60.9 Å². The van der Waals surface area contributed by atoms with Crippen LogP contribution in [0.4, 0.5) is 0 Å². The number of carboxylic acid groups (broad SMARTS) is 2. The number of hydrogen-bond donors (Lipinski definition) is 12. The van der Waals surface area contributed by atoms with E-state index in [0.717, 1.165) is 33.0 Å². The van der Waals surface area contributed by atoms with Gasteiger partial charge in [0.05, 0.1) is 13.2 Å². The van der Waals surface area contributed by atoms with Crippen molar-refractivity contribution >= 4 is 45.3 Å². The summed E-state index contributed by atoms with van der Waals surface area (Å²) in [5, 5.41) is 66.0. The number of nitrogens with one attached hydrogen (secondary N) is 4. The molecule has 3 rings (SSSR count). The third kappa shape index (κ3) is 13.3. The fourth-order valence-corrected chi connectivity index (χ4v) is 7.58. The lowest BCUT2D eigenvalue weighted by Gasteiger charge is -2.44. The first-order valence-corrected chi connectivity index (χ1v) is 19.8. The van der Waals surface area contributed by atoms with Gasteiger partial charge < -0.3 is 70.6 Å². The summed E-state index contributed by atoms with van der Waals surface area (Å²) in [5.41, 5.74) is -1.85. The van der Waals surface area contributed by atoms with Crippen LogP contribution in [0, 0.1) is 0 Å². The van der Waals surface area contributed by atoms with Gasteiger partial charge in [0.15, 0.2) is 12.5 Å². The van der Waals surface area contributed by atoms with Crippen LogP contribution in [0.5, 0.6) is 0 Å². The van der Waals surface area contributed by atoms with Gasteiger partial charge in [-0.3, -0.25) is 42.6 Å². The molecular formula is C28H43N5O23P2. The van der Waals surface area contributed by atoms with Crippen LogP contribution < -0.4 is 27.2 Å². The number of amides is 3. The summed E-state index contributed by atoms with van der Waals surface area (Å²) in [5.74, 6) is -5.94. The van der Waals surface area contributed by atoms with Crippen LogP contribution in [0.15, 0.2) is 21.9 Å². The van der Waals surface area contributed by atoms with E-state index >= 15 is 0 Å². The highest BCUT2D eigenvalue weighted by atomic mass is 31.3. The quantitative estimate of drug-likeness (QED) is 0.0544. The smallest absolute Gasteiger partial charge is 0.481 e. The Hall–Kier alpha value is -3.99. The third-order valence-corrected chi connectivity index (χ3v) is 10.9. The predicted octanol–water partition coefficient (Wildman–Crippen LogP) is -5.30. The number of aromatic nitrogens is 2. The zero-order valence-electron chi connectivity index (χ0n) is 30.5. The van der Waals surface area contributed by atoms with Crippen LogP contribution in [-0.2, 0) is 60.7 Å². The van der Waals surface area contributed by atoms with E-state index in [2.05, 4.69) is 24.8 Å². The number of ether oxygens (including phenoxy) is 3. The van der Waals surface area contributed by atoms with E-state index in [1.54, 1.807) is 0 Å². The van der Waals surface area contributed by atoms with Crippen LogP contribution in [0.3, 0.4) is 0 Å². The average Bonchev–Trinajstić information content (AvgIpc) is 3.39. The van der Waals surface area contributed by atoms with Gasteiger partial charge in [0.2, 0.25) is 17.7 Å². The molecule has 2 fully saturated rings. The lowest BCUT2D eigenvalue weighted by atomic mass is 9.96. The molecule has 1 aromatic rings. The van der Waals surface area contributed by atoms with Gasteiger partial charge >= 0.3 is 33.3 Å². The number of aliphatic hydroxyl groups excluding tert-OH is 4. The van der Waals surface area contributed by atoms with Gasteiger partial charge in [-0.15, -0.1) is 0 Å². The standard InChI is InChI=1S/C28H43N5O23P2/c1-10(23(42)31-13(26(44)45)4-5-17(37)38)29-24(43)11(2)52-22-18(30-12(3)35)27(54-14(8-34)20(22)40)55-58(49,50)56-57(47,48)51-9-15-19(39)21(41)25(53-15)33-7-6-16(36)32-28(33)46/h6-7,10-11,13-15,18-22,25,27,34,39-41H,4-5,8-9H2,1-3H3,(H,29,43)(H,30,35)(H,31,42)(H,37,38)(H,44,45)(H,47,48)(H,49,50)(H,32,36,46)/t10?,11?,13-,14-,15-,18-,19-,20-,21-,22-,25-,27?/m1/s1. The number of phosphoric acid groups is 2. The summed E-state index contributed by atoms with van der Waals surface area (Å²) >= 11 is 0. The lowest BCUT2D eigenvalue weighted by molar-refractivity contribution is -0.261. The predicted molar refractivity (Wildman–Crippen MR) is 183 cm³/mol. The maximum Gasteiger partial charge on any atom is 0.483 e. The Labute approximate surface area is 325 Å². The fraction of sp³-hybridized carbons (Fsp3) is 0.679. The molecule has 5 unspecified atom stereocenters. The van der Waals surface area contributed by atoms with Crippen molar-refractivity contribution in [3.8, 4) is 0 Å². The molecule has 1 aromatic heterocycles. The van der Waals surface area contributed by atoms with Crippen LogP contribution in [0.25, 0.3) is 0 Å². The normalized spacial score (nSPS) is 29.5. The largest absolute Gasteiger partial charge is 0.483 e. The molecule has 14 atom stereocenters. The van der Waals surface area contributed by atoms with E-state index < -0.39 is 156 Å². The van der Waals surface area contributed by atoms with Crippen molar-refractivity contribution in [2.45, 2.75) is 107 Å². The topological polar surface area (TPSA) is 428 Å². The Morgan fingerprint density at radius 3 is 2.17 bits per heavy atom. The number of aliphatic hydroxyl groups is 4. The molecule has 0 spiro atoms. The summed E-state index contributed by atoms with van der Waals surface area (Å²) in [7, 11) is -11.6. The number of aliphatic carboxylic acids is 2. The highest BCUT2D eigenvalue weighted by molar-refractivity contribution is 7.61. The maximum atomic E-state index is 13.0. The average molecular weight is 880 g/mol. The minimum absolute atomic E-state index is 0.483. The summed E-state index contributed by atoms with van der Waals surface area (Å²) in [6.45, 7) is 0.948. The number of hydrogen-bond acceptors (Lipinski definition) is 19. The molecule has 328 valence electrons. The molecular weight excluding hydrogens is 836 g/mol. The molecule has 3 heterocycles. The summed E-state index contributed by atoms with van der Waals surface area (Å²) < 4.78 is 56.5. The van der Waals surface area contributed by atoms with Crippen LogP contribution >= 0.6 is 15.6 Å². The van der Waals surface area contributed by atoms with Crippen molar-refractivity contribution in [1.29, 1.82) is 0 Å². The molecule has 58 heavy (non-hydrogen) atoms. The summed E-state index contributed by atoms with van der Waals surface area (Å²) in [6.07, 6.45) is -16.8. The highest BCUT2D eigenvalue weighted by Gasteiger charge is 2.52. The van der Waals surface area contributed by atoms with E-state index in [4.69, 9.17) is 23.8 Å². The van der Waals surface area contributed by atoms with Gasteiger partial charge in [-0.1, -0.05) is 0 Å². The lowest BCUT2D eigenvalue weighted by Crippen LogP contribution is -2.66. The molecule has 0 aromatic carbocycles. The number of carboxylic acids is 2. The molecule has 12 N–H and O–H groups in total. The number of phosphoric ester groups is 2. The first kappa shape index (κ1) is 48.4. The van der Waals surface area contributed by atoms with Crippen LogP contribution in [0.2, 0.25) is 0 Å². The van der Waals surface area contributed by atoms with Crippen LogP contribution in [-0.4, -0.2) is 160 Å². The first-order chi connectivity index (χ1) is 26.9. The minimum atomic E-state index is -5.88. The van der Waals surface area contributed by atoms with E-state index in [1.165, 1.54) is 0 Å². The SMILES string of the molecule is CC(=O)N[C@H]1C(OP(=O)(O)OP(=O)(O)OC[C@H]2O[C@@H](n3ccc(=O)[nH]c3=O)[C@H](O)[C@@H]2O)O[C@H](CO)[C@@H](O)[C@@H]1OC(C)C(=O)NC(C)C(=O)N[C@H](CCC(=O)O)C(=O)O. The minimum Gasteiger partial charge on any atom is -0.481 e. The molecule has 3 amide bonds. The Balaban J connectivity index is 1.71. The zero-order chi connectivity index (χ0) is 43.9. The number of rotatable bonds is 20. The van der Waals surface area contributed by atoms with E-state index in [1.807, 2.05) is 4.98 Å². The Kier molecular flexibility index (Phi) is 16.9. The second-order valence-corrected chi connectivity index (χ2v) is 15.7. The van der Waals surface area contributed by atoms with Crippen molar-refractivity contribution in [2.24, 2.45) is 0 Å². The summed E-state index contributed by atoms with van der Waals surface area (Å²) in [4.78, 5) is 106. The number of nitrogens with zero attached hydrogens (tertiary/aromatic N) is 1. The van der Waals surface area contributed by atoms with Crippen molar-refractivity contribution in [2.75, 3.05) is 13.2 Å². The molecule has 2 saturated heterocycles. The Bertz CT molecular complexity index is 1880. The number of H-pyrrole nitrogens is 1. The third-order valence-electron chi connectivity index (χ3n) is 8.28. The maximum absolute atomic E-state index is 13.0. The zero-order valence-corrected chi connectivity index (χ0v) is 32.2. The Morgan fingerprint density at radius 1 is 0.948 bits per heavy atom. The van der Waals surface area contributed by atoms with Crippen molar-refractivity contribution < 1.29 is 101 Å². The van der Waals surface area contributed by atoms with Gasteiger partial charge in [-0.25, -0.2) is 18.7 Å². The molecule has 30 heteroatoms. The number of carbonyl (C=O) groups excluding carboxylic acids is 3. The molecule has 0 radical (unpaired) electrons. The van der Waals surface area contributed by atoms with E-state index in [-0.39, 0.29) is 0 Å². The fourth-order valence-electron chi connectivity index (χ4n) is 5.42. The van der Waals surface area contributed by atoms with Crippen molar-refractivity contribution in [3.63, 3.8) is 0 Å². The molecule has 0 saturated carbocycles. The summed E-state index contributed by atoms with van der Waals surface area (Å²) in [6, 6.07) is -4.07. The second kappa shape index (κ2) is 20.3. The van der Waals surface area contributed by atoms with Crippen molar-refractivity contribution in [1.82, 2.24) is 25.5 Å². The van der Waals surface area contributed by atoms with E-state index in [9.17, 15) is 78.0 Å². The van der Waals surface area contributed by atoms with Crippen molar-refractivity contribution in [3.05, 3.63) is 33.1 Å². The first-order valence-electron chi connectivity index (χ1n) is 16.8. The van der Waals surface area contributed by atoms with Gasteiger partial charge in [-0.2, -0.15) is 4.31 Å². The number of aromatic amines is 1. The second-order valence-electron chi connectivity index (χ2n) is 12.7. The molecule has 0 bridgehead atoms. The van der Waals surface area contributed by atoms with Gasteiger partial charge in [0.25, 0.3) is 5.56 Å². The Morgan fingerprint density at radius 2 is 1.60 bits per heavy atom. The van der Waals surface area contributed by atoms with Crippen LogP contribution in [0.1, 0.15) is 39.8 Å². The molecule has 2 aliphatic rings. The molecule has 2 aliphatic heterocycles. The molecule has 0 aliphatic carbocycles. The highest BCUT2D eigenvalue weighted by Crippen LogP contribution is 2.61. The molecule has 28 nitrogen and oxygen atoms in total. The number of carbonyl (C=O) groups is 5. The van der Waals surface area contributed by atoms with Gasteiger partial charge in [-0.05, 0) is 20.3 Å². The van der Waals surface area contributed by atoms with Gasteiger partial charge in [0, 0.05) is 25.6 Å². The monoisotopic (exact) mass is 879 g/mol.